The van der Waals surface area contributed by atoms with Crippen LogP contribution >= 0.6 is 11.3 Å². The summed E-state index contributed by atoms with van der Waals surface area (Å²) in [6.07, 6.45) is 0. The van der Waals surface area contributed by atoms with Crippen LogP contribution in [0.5, 0.6) is 5.75 Å². The van der Waals surface area contributed by atoms with E-state index in [1.54, 1.807) is 36.6 Å². The molecular formula is C18H18N2O2S. The fourth-order valence-corrected chi connectivity index (χ4v) is 3.74. The van der Waals surface area contributed by atoms with Crippen molar-refractivity contribution in [3.63, 3.8) is 0 Å². The van der Waals surface area contributed by atoms with Crippen molar-refractivity contribution < 1.29 is 9.53 Å². The number of amides is 1. The zero-order chi connectivity index (χ0) is 16.6. The maximum atomic E-state index is 12.5. The molecule has 4 nitrogen and oxygen atoms in total. The minimum absolute atomic E-state index is 0.263. The van der Waals surface area contributed by atoms with Crippen molar-refractivity contribution >= 4 is 27.5 Å². The lowest BCUT2D eigenvalue weighted by atomic mass is 10.1. The molecule has 0 aliphatic carbocycles. The molecule has 0 spiro atoms. The zero-order valence-corrected chi connectivity index (χ0v) is 14.4. The van der Waals surface area contributed by atoms with E-state index in [2.05, 4.69) is 31.0 Å². The van der Waals surface area contributed by atoms with Gasteiger partial charge in [-0.1, -0.05) is 29.5 Å². The van der Waals surface area contributed by atoms with E-state index in [4.69, 9.17) is 4.74 Å². The minimum Gasteiger partial charge on any atom is -0.497 e. The standard InChI is InChI=1S/C18H18N2O2S/c1-11-8-9-12(2)16-15(11)20(3)18(23-16)19-17(21)13-6-5-7-14(10-13)22-4/h5-10H,1-4H3. The Labute approximate surface area is 138 Å². The number of fused-ring (bicyclic) bond motifs is 1. The summed E-state index contributed by atoms with van der Waals surface area (Å²) in [7, 11) is 3.53. The Morgan fingerprint density at radius 2 is 1.91 bits per heavy atom. The summed E-state index contributed by atoms with van der Waals surface area (Å²) in [6.45, 7) is 4.15. The highest BCUT2D eigenvalue weighted by Gasteiger charge is 2.10. The lowest BCUT2D eigenvalue weighted by molar-refractivity contribution is 0.0997. The third-order valence-electron chi connectivity index (χ3n) is 3.86. The normalized spacial score (nSPS) is 11.9. The van der Waals surface area contributed by atoms with Gasteiger partial charge < -0.3 is 9.30 Å². The summed E-state index contributed by atoms with van der Waals surface area (Å²) in [4.78, 5) is 17.5. The van der Waals surface area contributed by atoms with Crippen LogP contribution in [0, 0.1) is 13.8 Å². The number of hydrogen-bond donors (Lipinski definition) is 0. The molecule has 5 heteroatoms. The van der Waals surface area contributed by atoms with Crippen LogP contribution in [-0.2, 0) is 7.05 Å². The van der Waals surface area contributed by atoms with E-state index < -0.39 is 0 Å². The Bertz CT molecular complexity index is 967. The van der Waals surface area contributed by atoms with E-state index in [0.29, 0.717) is 16.1 Å². The van der Waals surface area contributed by atoms with Crippen molar-refractivity contribution in [1.82, 2.24) is 4.57 Å². The number of methoxy groups -OCH3 is 1. The highest BCUT2D eigenvalue weighted by Crippen LogP contribution is 2.24. The van der Waals surface area contributed by atoms with Crippen LogP contribution in [0.25, 0.3) is 10.2 Å². The van der Waals surface area contributed by atoms with Gasteiger partial charge in [-0.05, 0) is 43.2 Å². The van der Waals surface area contributed by atoms with Gasteiger partial charge in [-0.2, -0.15) is 4.99 Å². The van der Waals surface area contributed by atoms with Crippen molar-refractivity contribution in [2.24, 2.45) is 12.0 Å². The zero-order valence-electron chi connectivity index (χ0n) is 13.6. The molecule has 0 radical (unpaired) electrons. The number of nitrogens with zero attached hydrogens (tertiary/aromatic N) is 2. The summed E-state index contributed by atoms with van der Waals surface area (Å²) in [5, 5.41) is 0. The molecule has 0 saturated heterocycles. The molecule has 3 rings (SSSR count). The molecule has 0 saturated carbocycles. The van der Waals surface area contributed by atoms with E-state index in [0.717, 1.165) is 5.52 Å². The number of benzene rings is 2. The van der Waals surface area contributed by atoms with E-state index in [1.165, 1.54) is 15.8 Å². The van der Waals surface area contributed by atoms with Gasteiger partial charge in [0.05, 0.1) is 17.3 Å². The molecule has 118 valence electrons. The Balaban J connectivity index is 2.14. The first-order valence-corrected chi connectivity index (χ1v) is 8.11. The molecule has 0 bridgehead atoms. The summed E-state index contributed by atoms with van der Waals surface area (Å²) in [5.41, 5.74) is 4.03. The quantitative estimate of drug-likeness (QED) is 0.722. The number of aromatic nitrogens is 1. The van der Waals surface area contributed by atoms with Gasteiger partial charge in [0.25, 0.3) is 5.91 Å². The monoisotopic (exact) mass is 326 g/mol. The van der Waals surface area contributed by atoms with Gasteiger partial charge in [-0.15, -0.1) is 0 Å². The Hall–Kier alpha value is -2.40. The van der Waals surface area contributed by atoms with Crippen LogP contribution in [0.4, 0.5) is 0 Å². The van der Waals surface area contributed by atoms with Crippen molar-refractivity contribution in [1.29, 1.82) is 0 Å². The van der Waals surface area contributed by atoms with E-state index in [9.17, 15) is 4.79 Å². The topological polar surface area (TPSA) is 43.6 Å². The van der Waals surface area contributed by atoms with Gasteiger partial charge in [0.1, 0.15) is 5.75 Å². The first-order valence-electron chi connectivity index (χ1n) is 7.30. The third-order valence-corrected chi connectivity index (χ3v) is 5.13. The third kappa shape index (κ3) is 2.80. The molecule has 0 aliphatic heterocycles. The van der Waals surface area contributed by atoms with Gasteiger partial charge in [0.15, 0.2) is 4.80 Å². The van der Waals surface area contributed by atoms with Crippen LogP contribution in [0.2, 0.25) is 0 Å². The fraction of sp³-hybridized carbons (Fsp3) is 0.222. The van der Waals surface area contributed by atoms with Crippen molar-refractivity contribution in [3.05, 3.63) is 57.9 Å². The molecule has 0 fully saturated rings. The SMILES string of the molecule is COc1cccc(C(=O)N=c2sc3c(C)ccc(C)c3n2C)c1. The number of carbonyl (C=O) groups is 1. The van der Waals surface area contributed by atoms with Crippen LogP contribution in [0.15, 0.2) is 41.4 Å². The smallest absolute Gasteiger partial charge is 0.279 e. The molecule has 0 unspecified atom stereocenters. The van der Waals surface area contributed by atoms with Crippen molar-refractivity contribution in [2.75, 3.05) is 7.11 Å². The summed E-state index contributed by atoms with van der Waals surface area (Å²) < 4.78 is 8.32. The molecular weight excluding hydrogens is 308 g/mol. The lowest BCUT2D eigenvalue weighted by Crippen LogP contribution is -2.13. The predicted molar refractivity (Wildman–Crippen MR) is 93.2 cm³/mol. The molecule has 3 aromatic rings. The summed E-state index contributed by atoms with van der Waals surface area (Å²) >= 11 is 1.54. The Morgan fingerprint density at radius 3 is 2.61 bits per heavy atom. The number of rotatable bonds is 2. The second-order valence-corrected chi connectivity index (χ2v) is 6.45. The van der Waals surface area contributed by atoms with E-state index in [-0.39, 0.29) is 5.91 Å². The van der Waals surface area contributed by atoms with Gasteiger partial charge in [-0.25, -0.2) is 0 Å². The van der Waals surface area contributed by atoms with Crippen molar-refractivity contribution in [3.8, 4) is 5.75 Å². The molecule has 0 atom stereocenters. The maximum absolute atomic E-state index is 12.5. The molecule has 0 aliphatic rings. The van der Waals surface area contributed by atoms with E-state index in [1.807, 2.05) is 17.7 Å². The van der Waals surface area contributed by atoms with Crippen molar-refractivity contribution in [2.45, 2.75) is 13.8 Å². The van der Waals surface area contributed by atoms with Gasteiger partial charge >= 0.3 is 0 Å². The molecule has 1 aromatic heterocycles. The highest BCUT2D eigenvalue weighted by atomic mass is 32.1. The van der Waals surface area contributed by atoms with Gasteiger partial charge in [-0.3, -0.25) is 4.79 Å². The molecule has 1 amide bonds. The van der Waals surface area contributed by atoms with Crippen LogP contribution in [0.3, 0.4) is 0 Å². The fourth-order valence-electron chi connectivity index (χ4n) is 2.58. The molecule has 23 heavy (non-hydrogen) atoms. The predicted octanol–water partition coefficient (Wildman–Crippen LogP) is 3.61. The van der Waals surface area contributed by atoms with Crippen LogP contribution in [-0.4, -0.2) is 17.6 Å². The average molecular weight is 326 g/mol. The number of aryl methyl sites for hydroxylation is 3. The van der Waals surface area contributed by atoms with Gasteiger partial charge in [0, 0.05) is 12.6 Å². The molecule has 1 heterocycles. The molecule has 2 aromatic carbocycles. The summed E-state index contributed by atoms with van der Waals surface area (Å²) in [6, 6.07) is 11.2. The largest absolute Gasteiger partial charge is 0.497 e. The minimum atomic E-state index is -0.263. The first kappa shape index (κ1) is 15.5. The van der Waals surface area contributed by atoms with E-state index >= 15 is 0 Å². The lowest BCUT2D eigenvalue weighted by Gasteiger charge is -2.02. The van der Waals surface area contributed by atoms with Gasteiger partial charge in [0.2, 0.25) is 0 Å². The summed E-state index contributed by atoms with van der Waals surface area (Å²) in [5.74, 6) is 0.389. The number of carbonyl (C=O) groups excluding carboxylic acids is 1. The number of ether oxygens (including phenoxy) is 1. The Kier molecular flexibility index (Phi) is 4.05. The number of thiazole rings is 1. The Morgan fingerprint density at radius 1 is 1.17 bits per heavy atom. The van der Waals surface area contributed by atoms with Crippen LogP contribution < -0.4 is 9.54 Å². The second kappa shape index (κ2) is 6.01. The first-order chi connectivity index (χ1) is 11.0. The average Bonchev–Trinajstić information content (AvgIpc) is 2.89. The second-order valence-electron chi connectivity index (χ2n) is 5.47. The highest BCUT2D eigenvalue weighted by molar-refractivity contribution is 7.16. The number of hydrogen-bond acceptors (Lipinski definition) is 3. The molecule has 0 N–H and O–H groups in total. The maximum Gasteiger partial charge on any atom is 0.279 e. The van der Waals surface area contributed by atoms with Crippen LogP contribution in [0.1, 0.15) is 21.5 Å².